The van der Waals surface area contributed by atoms with Crippen molar-refractivity contribution in [2.75, 3.05) is 11.6 Å². The fourth-order valence-electron chi connectivity index (χ4n) is 3.23. The lowest BCUT2D eigenvalue weighted by Crippen LogP contribution is -2.34. The van der Waals surface area contributed by atoms with Crippen molar-refractivity contribution >= 4 is 21.7 Å². The van der Waals surface area contributed by atoms with E-state index in [0.29, 0.717) is 5.69 Å². The second-order valence-electron chi connectivity index (χ2n) is 6.00. The van der Waals surface area contributed by atoms with Gasteiger partial charge in [0.05, 0.1) is 11.9 Å². The van der Waals surface area contributed by atoms with Crippen LogP contribution in [0.1, 0.15) is 23.1 Å². The first kappa shape index (κ1) is 16.4. The number of nitrogens with one attached hydrogen (secondary N) is 2. The van der Waals surface area contributed by atoms with Gasteiger partial charge < -0.3 is 5.32 Å². The van der Waals surface area contributed by atoms with Crippen molar-refractivity contribution in [3.8, 4) is 11.1 Å². The van der Waals surface area contributed by atoms with Gasteiger partial charge in [-0.3, -0.25) is 4.98 Å². The van der Waals surface area contributed by atoms with Gasteiger partial charge in [0.2, 0.25) is 10.0 Å². The normalized spacial score (nSPS) is 13.4. The maximum absolute atomic E-state index is 12.1. The number of rotatable bonds is 3. The predicted octanol–water partition coefficient (Wildman–Crippen LogP) is 2.63. The molecule has 1 aromatic carbocycles. The number of carbonyl (C=O) groups excluding carboxylic acids is 1. The third-order valence-corrected chi connectivity index (χ3v) is 4.64. The summed E-state index contributed by atoms with van der Waals surface area (Å²) in [6.45, 7) is 1.99. The van der Waals surface area contributed by atoms with E-state index < -0.39 is 16.1 Å². The second kappa shape index (κ2) is 6.24. The monoisotopic (exact) mass is 345 g/mol. The number of urea groups is 1. The Morgan fingerprint density at radius 1 is 1.21 bits per heavy atom. The molecular weight excluding hydrogens is 326 g/mol. The molecule has 0 saturated heterocycles. The highest BCUT2D eigenvalue weighted by Gasteiger charge is 2.23. The Morgan fingerprint density at radius 3 is 2.58 bits per heavy atom. The number of benzene rings is 1. The van der Waals surface area contributed by atoms with Gasteiger partial charge in [-0.15, -0.1) is 0 Å². The minimum absolute atomic E-state index is 0.690. The summed E-state index contributed by atoms with van der Waals surface area (Å²) in [4.78, 5) is 16.1. The summed E-state index contributed by atoms with van der Waals surface area (Å²) in [6, 6.07) is 5.16. The topological polar surface area (TPSA) is 88.2 Å². The fraction of sp³-hybridized carbons (Fsp3) is 0.294. The molecule has 1 aromatic heterocycles. The first-order valence-electron chi connectivity index (χ1n) is 7.69. The zero-order valence-corrected chi connectivity index (χ0v) is 14.4. The van der Waals surface area contributed by atoms with Crippen LogP contribution in [0.25, 0.3) is 11.1 Å². The molecule has 3 rings (SSSR count). The summed E-state index contributed by atoms with van der Waals surface area (Å²) in [7, 11) is -3.62. The van der Waals surface area contributed by atoms with E-state index in [2.05, 4.69) is 16.4 Å². The van der Waals surface area contributed by atoms with Crippen LogP contribution in [0.2, 0.25) is 0 Å². The molecule has 7 heteroatoms. The average Bonchev–Trinajstić information content (AvgIpc) is 2.94. The van der Waals surface area contributed by atoms with Crippen LogP contribution < -0.4 is 10.0 Å². The van der Waals surface area contributed by atoms with Gasteiger partial charge in [0.1, 0.15) is 0 Å². The van der Waals surface area contributed by atoms with Crippen molar-refractivity contribution in [2.24, 2.45) is 0 Å². The van der Waals surface area contributed by atoms with E-state index in [0.717, 1.165) is 47.8 Å². The van der Waals surface area contributed by atoms with E-state index in [-0.39, 0.29) is 0 Å². The van der Waals surface area contributed by atoms with Gasteiger partial charge in [-0.2, -0.15) is 0 Å². The Morgan fingerprint density at radius 2 is 1.92 bits per heavy atom. The van der Waals surface area contributed by atoms with Gasteiger partial charge >= 0.3 is 6.03 Å². The number of nitrogens with zero attached hydrogens (tertiary/aromatic N) is 1. The summed E-state index contributed by atoms with van der Waals surface area (Å²) in [5.74, 6) is 0. The quantitative estimate of drug-likeness (QED) is 0.895. The van der Waals surface area contributed by atoms with Crippen LogP contribution in [0.4, 0.5) is 10.5 Å². The number of anilines is 1. The number of aromatic nitrogens is 1. The highest BCUT2D eigenvalue weighted by atomic mass is 32.2. The van der Waals surface area contributed by atoms with Gasteiger partial charge in [-0.1, -0.05) is 6.07 Å². The number of carbonyl (C=O) groups is 1. The van der Waals surface area contributed by atoms with E-state index in [1.165, 1.54) is 5.56 Å². The van der Waals surface area contributed by atoms with Gasteiger partial charge in [0.15, 0.2) is 0 Å². The molecule has 2 aromatic rings. The molecule has 0 saturated carbocycles. The fourth-order valence-corrected chi connectivity index (χ4v) is 3.62. The lowest BCUT2D eigenvalue weighted by atomic mass is 9.93. The molecule has 0 atom stereocenters. The highest BCUT2D eigenvalue weighted by molar-refractivity contribution is 7.89. The van der Waals surface area contributed by atoms with Gasteiger partial charge in [-0.25, -0.2) is 17.9 Å². The van der Waals surface area contributed by atoms with Crippen molar-refractivity contribution in [1.29, 1.82) is 0 Å². The van der Waals surface area contributed by atoms with Crippen molar-refractivity contribution in [2.45, 2.75) is 26.2 Å². The number of amides is 2. The predicted molar refractivity (Wildman–Crippen MR) is 93.4 cm³/mol. The molecule has 0 aliphatic heterocycles. The minimum atomic E-state index is -3.62. The summed E-state index contributed by atoms with van der Waals surface area (Å²) in [5, 5.41) is 2.76. The van der Waals surface area contributed by atoms with Crippen molar-refractivity contribution in [3.05, 3.63) is 47.3 Å². The average molecular weight is 345 g/mol. The number of hydrogen-bond acceptors (Lipinski definition) is 4. The third-order valence-electron chi connectivity index (χ3n) is 4.08. The van der Waals surface area contributed by atoms with Gasteiger partial charge in [0, 0.05) is 18.0 Å². The van der Waals surface area contributed by atoms with Crippen LogP contribution in [0.5, 0.6) is 0 Å². The molecule has 126 valence electrons. The smallest absolute Gasteiger partial charge is 0.306 e. The molecule has 0 radical (unpaired) electrons. The van der Waals surface area contributed by atoms with Crippen LogP contribution in [0.3, 0.4) is 0 Å². The van der Waals surface area contributed by atoms with Crippen molar-refractivity contribution in [1.82, 2.24) is 9.71 Å². The summed E-state index contributed by atoms with van der Waals surface area (Å²) in [6.07, 6.45) is 7.20. The number of hydrogen-bond donors (Lipinski definition) is 2. The Balaban J connectivity index is 2.11. The molecule has 1 aliphatic rings. The molecule has 0 unspecified atom stereocenters. The van der Waals surface area contributed by atoms with Crippen LogP contribution in [-0.4, -0.2) is 25.7 Å². The van der Waals surface area contributed by atoms with E-state index in [1.807, 2.05) is 23.8 Å². The first-order valence-corrected chi connectivity index (χ1v) is 9.59. The lowest BCUT2D eigenvalue weighted by molar-refractivity contribution is 0.256. The molecule has 0 spiro atoms. The SMILES string of the molecule is Cc1cc2c(c(NC(=O)NS(C)(=O)=O)c1-c1ccncc1)CCC2. The van der Waals surface area contributed by atoms with E-state index in [1.54, 1.807) is 12.4 Å². The lowest BCUT2D eigenvalue weighted by Gasteiger charge is -2.19. The molecule has 2 N–H and O–H groups in total. The summed E-state index contributed by atoms with van der Waals surface area (Å²) >= 11 is 0. The Bertz CT molecular complexity index is 893. The molecule has 2 amide bonds. The summed E-state index contributed by atoms with van der Waals surface area (Å²) < 4.78 is 24.6. The van der Waals surface area contributed by atoms with Crippen LogP contribution in [0, 0.1) is 6.92 Å². The third kappa shape index (κ3) is 3.41. The van der Waals surface area contributed by atoms with Crippen molar-refractivity contribution in [3.63, 3.8) is 0 Å². The maximum atomic E-state index is 12.1. The second-order valence-corrected chi connectivity index (χ2v) is 7.75. The Labute approximate surface area is 141 Å². The number of aryl methyl sites for hydroxylation is 2. The molecule has 0 bridgehead atoms. The minimum Gasteiger partial charge on any atom is -0.306 e. The van der Waals surface area contributed by atoms with E-state index in [9.17, 15) is 13.2 Å². The van der Waals surface area contributed by atoms with Crippen LogP contribution in [0.15, 0.2) is 30.6 Å². The zero-order valence-electron chi connectivity index (χ0n) is 13.6. The maximum Gasteiger partial charge on any atom is 0.332 e. The standard InChI is InChI=1S/C17H19N3O3S/c1-11-10-13-4-3-5-14(13)16(19-17(21)20-24(2,22)23)15(11)12-6-8-18-9-7-12/h6-10H,3-5H2,1-2H3,(H2,19,20,21). The molecule has 6 nitrogen and oxygen atoms in total. The molecule has 0 fully saturated rings. The van der Waals surface area contributed by atoms with Crippen molar-refractivity contribution < 1.29 is 13.2 Å². The molecular formula is C17H19N3O3S. The molecule has 1 heterocycles. The number of sulfonamides is 1. The van der Waals surface area contributed by atoms with Gasteiger partial charge in [-0.05, 0) is 60.6 Å². The first-order chi connectivity index (χ1) is 11.3. The van der Waals surface area contributed by atoms with Crippen LogP contribution >= 0.6 is 0 Å². The van der Waals surface area contributed by atoms with Crippen LogP contribution in [-0.2, 0) is 22.9 Å². The summed E-state index contributed by atoms with van der Waals surface area (Å²) in [5.41, 5.74) is 5.86. The number of pyridine rings is 1. The molecule has 24 heavy (non-hydrogen) atoms. The van der Waals surface area contributed by atoms with Gasteiger partial charge in [0.25, 0.3) is 0 Å². The van der Waals surface area contributed by atoms with E-state index >= 15 is 0 Å². The largest absolute Gasteiger partial charge is 0.332 e. The zero-order chi connectivity index (χ0) is 17.3. The Hall–Kier alpha value is -2.41. The Kier molecular flexibility index (Phi) is 4.28. The van der Waals surface area contributed by atoms with E-state index in [4.69, 9.17) is 0 Å². The molecule has 1 aliphatic carbocycles. The number of fused-ring (bicyclic) bond motifs is 1. The highest BCUT2D eigenvalue weighted by Crippen LogP contribution is 2.39.